The van der Waals surface area contributed by atoms with E-state index in [1.807, 2.05) is 30.3 Å². The van der Waals surface area contributed by atoms with Crippen LogP contribution in [0, 0.1) is 0 Å². The van der Waals surface area contributed by atoms with E-state index in [1.165, 1.54) is 6.20 Å². The summed E-state index contributed by atoms with van der Waals surface area (Å²) in [5, 5.41) is 11.3. The molecule has 104 valence electrons. The minimum Gasteiger partial charge on any atom is -0.487 e. The van der Waals surface area contributed by atoms with Gasteiger partial charge in [-0.25, -0.2) is 4.98 Å². The Balaban J connectivity index is 2.04. The molecule has 0 bridgehead atoms. The number of carbonyl (C=O) groups is 1. The number of rotatable bonds is 6. The zero-order valence-electron chi connectivity index (χ0n) is 10.7. The van der Waals surface area contributed by atoms with Gasteiger partial charge in [-0.2, -0.15) is 0 Å². The predicted molar refractivity (Wildman–Crippen MR) is 75.5 cm³/mol. The molecule has 2 aromatic rings. The molecule has 0 saturated heterocycles. The topological polar surface area (TPSA) is 97.5 Å². The molecule has 4 N–H and O–H groups in total. The summed E-state index contributed by atoms with van der Waals surface area (Å²) in [7, 11) is 0. The van der Waals surface area contributed by atoms with Crippen LogP contribution in [0.1, 0.15) is 5.56 Å². The van der Waals surface area contributed by atoms with Crippen molar-refractivity contribution >= 4 is 17.5 Å². The fourth-order valence-corrected chi connectivity index (χ4v) is 1.62. The van der Waals surface area contributed by atoms with Crippen LogP contribution < -0.4 is 15.8 Å². The monoisotopic (exact) mass is 273 g/mol. The van der Waals surface area contributed by atoms with Crippen molar-refractivity contribution in [2.24, 2.45) is 0 Å². The third-order valence-electron chi connectivity index (χ3n) is 2.59. The second-order valence-corrected chi connectivity index (χ2v) is 4.09. The van der Waals surface area contributed by atoms with Crippen LogP contribution in [0.2, 0.25) is 0 Å². The molecular weight excluding hydrogens is 258 g/mol. The van der Waals surface area contributed by atoms with Crippen molar-refractivity contribution in [1.82, 2.24) is 4.98 Å². The van der Waals surface area contributed by atoms with E-state index in [9.17, 15) is 4.79 Å². The van der Waals surface area contributed by atoms with E-state index in [1.54, 1.807) is 6.07 Å². The number of nitrogens with two attached hydrogens (primary N) is 1. The first-order valence-electron chi connectivity index (χ1n) is 6.03. The van der Waals surface area contributed by atoms with Gasteiger partial charge in [0.05, 0.1) is 0 Å². The van der Waals surface area contributed by atoms with Crippen molar-refractivity contribution in [3.05, 3.63) is 48.2 Å². The van der Waals surface area contributed by atoms with E-state index in [4.69, 9.17) is 15.6 Å². The Morgan fingerprint density at radius 1 is 1.30 bits per heavy atom. The molecule has 0 amide bonds. The van der Waals surface area contributed by atoms with Crippen LogP contribution in [0.5, 0.6) is 5.75 Å². The number of nitrogens with one attached hydrogen (secondary N) is 1. The van der Waals surface area contributed by atoms with Crippen molar-refractivity contribution in [3.63, 3.8) is 0 Å². The first-order chi connectivity index (χ1) is 9.66. The number of anilines is 2. The second-order valence-electron chi connectivity index (χ2n) is 4.09. The molecule has 2 rings (SSSR count). The summed E-state index contributed by atoms with van der Waals surface area (Å²) < 4.78 is 5.62. The van der Waals surface area contributed by atoms with Crippen LogP contribution >= 0.6 is 0 Å². The number of benzene rings is 1. The zero-order chi connectivity index (χ0) is 14.4. The highest BCUT2D eigenvalue weighted by Crippen LogP contribution is 2.27. The normalized spacial score (nSPS) is 10.0. The molecular formula is C14H15N3O3. The van der Waals surface area contributed by atoms with E-state index in [2.05, 4.69) is 10.3 Å². The van der Waals surface area contributed by atoms with Gasteiger partial charge in [0.2, 0.25) is 0 Å². The highest BCUT2D eigenvalue weighted by atomic mass is 16.5. The van der Waals surface area contributed by atoms with Crippen molar-refractivity contribution in [2.45, 2.75) is 6.61 Å². The van der Waals surface area contributed by atoms with Crippen LogP contribution in [0.3, 0.4) is 0 Å². The molecule has 0 saturated carbocycles. The molecule has 0 unspecified atom stereocenters. The summed E-state index contributed by atoms with van der Waals surface area (Å²) in [5.41, 5.74) is 7.20. The molecule has 0 atom stereocenters. The number of ether oxygens (including phenoxy) is 1. The van der Waals surface area contributed by atoms with E-state index >= 15 is 0 Å². The van der Waals surface area contributed by atoms with Gasteiger partial charge in [0.15, 0.2) is 5.82 Å². The van der Waals surface area contributed by atoms with Crippen LogP contribution in [0.15, 0.2) is 42.6 Å². The summed E-state index contributed by atoms with van der Waals surface area (Å²) in [6.07, 6.45) is 1.51. The predicted octanol–water partition coefficient (Wildman–Crippen LogP) is 1.74. The molecule has 1 heterocycles. The standard InChI is InChI=1S/C14H15N3O3/c15-13-11(20-9-10-4-2-1-3-5-10)6-7-16-14(13)17-8-12(18)19/h1-7H,8-9,15H2,(H,16,17)(H,18,19). The highest BCUT2D eigenvalue weighted by molar-refractivity contribution is 5.76. The van der Waals surface area contributed by atoms with Crippen LogP contribution in [0.25, 0.3) is 0 Å². The fourth-order valence-electron chi connectivity index (χ4n) is 1.62. The number of carboxylic acids is 1. The van der Waals surface area contributed by atoms with Gasteiger partial charge in [0, 0.05) is 12.3 Å². The number of hydrogen-bond donors (Lipinski definition) is 3. The Hall–Kier alpha value is -2.76. The Bertz CT molecular complexity index is 587. The number of nitrogens with zero attached hydrogens (tertiary/aromatic N) is 1. The van der Waals surface area contributed by atoms with Crippen LogP contribution in [-0.2, 0) is 11.4 Å². The third-order valence-corrected chi connectivity index (χ3v) is 2.59. The van der Waals surface area contributed by atoms with E-state index in [0.29, 0.717) is 23.9 Å². The Labute approximate surface area is 116 Å². The highest BCUT2D eigenvalue weighted by Gasteiger charge is 2.08. The summed E-state index contributed by atoms with van der Waals surface area (Å²) in [4.78, 5) is 14.5. The van der Waals surface area contributed by atoms with Gasteiger partial charge in [0.25, 0.3) is 0 Å². The number of aliphatic carboxylic acids is 1. The number of hydrogen-bond acceptors (Lipinski definition) is 5. The zero-order valence-corrected chi connectivity index (χ0v) is 10.7. The van der Waals surface area contributed by atoms with E-state index in [0.717, 1.165) is 5.56 Å². The van der Waals surface area contributed by atoms with Gasteiger partial charge in [-0.15, -0.1) is 0 Å². The molecule has 6 nitrogen and oxygen atoms in total. The maximum Gasteiger partial charge on any atom is 0.322 e. The molecule has 20 heavy (non-hydrogen) atoms. The fraction of sp³-hybridized carbons (Fsp3) is 0.143. The molecule has 1 aromatic carbocycles. The van der Waals surface area contributed by atoms with Gasteiger partial charge in [-0.1, -0.05) is 30.3 Å². The maximum atomic E-state index is 10.5. The lowest BCUT2D eigenvalue weighted by Crippen LogP contribution is -2.14. The van der Waals surface area contributed by atoms with Gasteiger partial charge in [0.1, 0.15) is 24.6 Å². The maximum absolute atomic E-state index is 10.5. The minimum absolute atomic E-state index is 0.251. The summed E-state index contributed by atoms with van der Waals surface area (Å²) >= 11 is 0. The minimum atomic E-state index is -0.984. The van der Waals surface area contributed by atoms with E-state index < -0.39 is 5.97 Å². The smallest absolute Gasteiger partial charge is 0.322 e. The summed E-state index contributed by atoms with van der Waals surface area (Å²) in [6, 6.07) is 11.3. The van der Waals surface area contributed by atoms with Gasteiger partial charge in [-0.3, -0.25) is 4.79 Å². The third kappa shape index (κ3) is 3.61. The van der Waals surface area contributed by atoms with Crippen molar-refractivity contribution < 1.29 is 14.6 Å². The molecule has 0 aliphatic heterocycles. The molecule has 0 aliphatic carbocycles. The van der Waals surface area contributed by atoms with Gasteiger partial charge < -0.3 is 20.9 Å². The average Bonchev–Trinajstić information content (AvgIpc) is 2.46. The SMILES string of the molecule is Nc1c(OCc2ccccc2)ccnc1NCC(=O)O. The molecule has 6 heteroatoms. The second kappa shape index (κ2) is 6.42. The average molecular weight is 273 g/mol. The number of nitrogen functional groups attached to an aromatic ring is 1. The largest absolute Gasteiger partial charge is 0.487 e. The molecule has 0 spiro atoms. The van der Waals surface area contributed by atoms with E-state index in [-0.39, 0.29) is 6.54 Å². The lowest BCUT2D eigenvalue weighted by atomic mass is 10.2. The van der Waals surface area contributed by atoms with Crippen molar-refractivity contribution in [1.29, 1.82) is 0 Å². The lowest BCUT2D eigenvalue weighted by Gasteiger charge is -2.12. The Morgan fingerprint density at radius 3 is 2.75 bits per heavy atom. The quantitative estimate of drug-likeness (QED) is 0.741. The van der Waals surface area contributed by atoms with Crippen molar-refractivity contribution in [3.8, 4) is 5.75 Å². The van der Waals surface area contributed by atoms with Gasteiger partial charge >= 0.3 is 5.97 Å². The molecule has 0 radical (unpaired) electrons. The van der Waals surface area contributed by atoms with Crippen LogP contribution in [-0.4, -0.2) is 22.6 Å². The first kappa shape index (κ1) is 13.7. The lowest BCUT2D eigenvalue weighted by molar-refractivity contribution is -0.134. The van der Waals surface area contributed by atoms with Crippen molar-refractivity contribution in [2.75, 3.05) is 17.6 Å². The Kier molecular flexibility index (Phi) is 4.39. The summed E-state index contributed by atoms with van der Waals surface area (Å²) in [5.74, 6) is -0.212. The first-order valence-corrected chi connectivity index (χ1v) is 6.03. The van der Waals surface area contributed by atoms with Crippen LogP contribution in [0.4, 0.5) is 11.5 Å². The molecule has 0 aliphatic rings. The Morgan fingerprint density at radius 2 is 2.05 bits per heavy atom. The number of aromatic nitrogens is 1. The number of pyridine rings is 1. The molecule has 1 aromatic heterocycles. The molecule has 0 fully saturated rings. The number of carboxylic acid groups (broad SMARTS) is 1. The summed E-state index contributed by atoms with van der Waals surface area (Å²) in [6.45, 7) is 0.132. The van der Waals surface area contributed by atoms with Gasteiger partial charge in [-0.05, 0) is 5.56 Å².